The molecule has 1 aromatic rings. The fourth-order valence-corrected chi connectivity index (χ4v) is 4.00. The minimum atomic E-state index is 0.0588. The molecule has 0 aliphatic carbocycles. The fraction of sp³-hybridized carbons (Fsp3) is 0.611. The molecule has 3 rings (SSSR count). The number of nitrogens with zero attached hydrogens (tertiary/aromatic N) is 2. The van der Waals surface area contributed by atoms with E-state index in [1.165, 1.54) is 12.8 Å². The maximum atomic E-state index is 13.1. The molecule has 126 valence electrons. The van der Waals surface area contributed by atoms with Crippen molar-refractivity contribution in [2.45, 2.75) is 37.8 Å². The quantitative estimate of drug-likeness (QED) is 0.855. The summed E-state index contributed by atoms with van der Waals surface area (Å²) >= 11 is 0. The number of carbonyl (C=O) groups is 1. The van der Waals surface area contributed by atoms with Crippen LogP contribution in [0.3, 0.4) is 0 Å². The van der Waals surface area contributed by atoms with Crippen LogP contribution in [0.15, 0.2) is 18.2 Å². The van der Waals surface area contributed by atoms with Gasteiger partial charge >= 0.3 is 0 Å². The summed E-state index contributed by atoms with van der Waals surface area (Å²) in [5, 5.41) is 0. The first-order valence-electron chi connectivity index (χ1n) is 8.39. The molecule has 23 heavy (non-hydrogen) atoms. The molecule has 0 aromatic heterocycles. The number of ether oxygens (including phenoxy) is 2. The van der Waals surface area contributed by atoms with Crippen LogP contribution in [0.4, 0.5) is 0 Å². The van der Waals surface area contributed by atoms with Gasteiger partial charge in [-0.2, -0.15) is 0 Å². The van der Waals surface area contributed by atoms with Crippen molar-refractivity contribution in [2.75, 3.05) is 34.4 Å². The highest BCUT2D eigenvalue weighted by Crippen LogP contribution is 2.32. The van der Waals surface area contributed by atoms with Gasteiger partial charge in [0.25, 0.3) is 5.91 Å². The van der Waals surface area contributed by atoms with Gasteiger partial charge in [-0.3, -0.25) is 4.79 Å². The van der Waals surface area contributed by atoms with E-state index in [1.54, 1.807) is 26.4 Å². The summed E-state index contributed by atoms with van der Waals surface area (Å²) in [6.07, 6.45) is 4.57. The third kappa shape index (κ3) is 3.02. The van der Waals surface area contributed by atoms with Crippen LogP contribution in [0.5, 0.6) is 11.5 Å². The Morgan fingerprint density at radius 3 is 2.48 bits per heavy atom. The first-order valence-corrected chi connectivity index (χ1v) is 8.39. The Balaban J connectivity index is 1.87. The summed E-state index contributed by atoms with van der Waals surface area (Å²) in [6.45, 7) is 1.96. The minimum Gasteiger partial charge on any atom is -0.497 e. The Hall–Kier alpha value is -1.75. The molecule has 5 heteroatoms. The molecule has 0 bridgehead atoms. The molecule has 2 unspecified atom stereocenters. The summed E-state index contributed by atoms with van der Waals surface area (Å²) in [4.78, 5) is 17.6. The largest absolute Gasteiger partial charge is 0.497 e. The number of carbonyl (C=O) groups excluding carboxylic acids is 1. The van der Waals surface area contributed by atoms with E-state index in [0.717, 1.165) is 25.9 Å². The van der Waals surface area contributed by atoms with E-state index < -0.39 is 0 Å². The smallest absolute Gasteiger partial charge is 0.258 e. The molecule has 2 aliphatic heterocycles. The SMILES string of the molecule is COc1ccc(OC)c(C(=O)N2CCCC2C2CCCN2C)c1. The normalized spacial score (nSPS) is 24.9. The first kappa shape index (κ1) is 16.1. The van der Waals surface area contributed by atoms with Crippen LogP contribution in [-0.4, -0.2) is 62.1 Å². The van der Waals surface area contributed by atoms with Crippen molar-refractivity contribution in [3.63, 3.8) is 0 Å². The summed E-state index contributed by atoms with van der Waals surface area (Å²) in [5.74, 6) is 1.35. The zero-order chi connectivity index (χ0) is 16.4. The maximum Gasteiger partial charge on any atom is 0.258 e. The van der Waals surface area contributed by atoms with Gasteiger partial charge in [0.15, 0.2) is 0 Å². The molecule has 0 spiro atoms. The van der Waals surface area contributed by atoms with Gasteiger partial charge < -0.3 is 19.3 Å². The van der Waals surface area contributed by atoms with E-state index >= 15 is 0 Å². The number of likely N-dealkylation sites (N-methyl/N-ethyl adjacent to an activating group) is 1. The van der Waals surface area contributed by atoms with E-state index in [4.69, 9.17) is 9.47 Å². The topological polar surface area (TPSA) is 42.0 Å². The Morgan fingerprint density at radius 1 is 1.09 bits per heavy atom. The fourth-order valence-electron chi connectivity index (χ4n) is 4.00. The number of benzene rings is 1. The van der Waals surface area contributed by atoms with Crippen LogP contribution < -0.4 is 9.47 Å². The second kappa shape index (κ2) is 6.79. The second-order valence-corrected chi connectivity index (χ2v) is 6.46. The number of likely N-dealkylation sites (tertiary alicyclic amines) is 2. The van der Waals surface area contributed by atoms with Crippen molar-refractivity contribution in [1.82, 2.24) is 9.80 Å². The zero-order valence-electron chi connectivity index (χ0n) is 14.2. The van der Waals surface area contributed by atoms with E-state index in [-0.39, 0.29) is 5.91 Å². The van der Waals surface area contributed by atoms with Crippen molar-refractivity contribution < 1.29 is 14.3 Å². The van der Waals surface area contributed by atoms with Gasteiger partial charge in [-0.25, -0.2) is 0 Å². The molecule has 5 nitrogen and oxygen atoms in total. The molecule has 2 fully saturated rings. The third-order valence-corrected chi connectivity index (χ3v) is 5.22. The van der Waals surface area contributed by atoms with Gasteiger partial charge in [0.2, 0.25) is 0 Å². The number of amides is 1. The molecule has 2 atom stereocenters. The van der Waals surface area contributed by atoms with Gasteiger partial charge in [0.05, 0.1) is 19.8 Å². The van der Waals surface area contributed by atoms with E-state index in [9.17, 15) is 4.79 Å². The number of hydrogen-bond acceptors (Lipinski definition) is 4. The van der Waals surface area contributed by atoms with Gasteiger partial charge in [0, 0.05) is 18.6 Å². The molecule has 2 saturated heterocycles. The van der Waals surface area contributed by atoms with E-state index in [0.29, 0.717) is 29.1 Å². The highest BCUT2D eigenvalue weighted by Gasteiger charge is 2.39. The number of methoxy groups -OCH3 is 2. The van der Waals surface area contributed by atoms with Crippen LogP contribution in [0.2, 0.25) is 0 Å². The number of hydrogen-bond donors (Lipinski definition) is 0. The summed E-state index contributed by atoms with van der Waals surface area (Å²) in [5.41, 5.74) is 0.597. The summed E-state index contributed by atoms with van der Waals surface area (Å²) in [6, 6.07) is 6.21. The standard InChI is InChI=1S/C18H26N2O3/c1-19-10-4-6-15(19)16-7-5-11-20(16)18(21)14-12-13(22-2)8-9-17(14)23-3/h8-9,12,15-16H,4-7,10-11H2,1-3H3. The van der Waals surface area contributed by atoms with Gasteiger partial charge in [0.1, 0.15) is 11.5 Å². The minimum absolute atomic E-state index is 0.0588. The Labute approximate surface area is 138 Å². The van der Waals surface area contributed by atoms with Crippen LogP contribution in [-0.2, 0) is 0 Å². The van der Waals surface area contributed by atoms with Crippen molar-refractivity contribution in [3.8, 4) is 11.5 Å². The highest BCUT2D eigenvalue weighted by atomic mass is 16.5. The Morgan fingerprint density at radius 2 is 1.83 bits per heavy atom. The van der Waals surface area contributed by atoms with Crippen LogP contribution in [0.1, 0.15) is 36.0 Å². The zero-order valence-corrected chi connectivity index (χ0v) is 14.2. The third-order valence-electron chi connectivity index (χ3n) is 5.22. The Kier molecular flexibility index (Phi) is 4.76. The highest BCUT2D eigenvalue weighted by molar-refractivity contribution is 5.97. The van der Waals surface area contributed by atoms with Crippen molar-refractivity contribution in [3.05, 3.63) is 23.8 Å². The summed E-state index contributed by atoms with van der Waals surface area (Å²) in [7, 11) is 5.39. The molecule has 0 saturated carbocycles. The first-order chi connectivity index (χ1) is 11.2. The van der Waals surface area contributed by atoms with Crippen LogP contribution in [0, 0.1) is 0 Å². The predicted molar refractivity (Wildman–Crippen MR) is 89.3 cm³/mol. The van der Waals surface area contributed by atoms with Crippen molar-refractivity contribution >= 4 is 5.91 Å². The average molecular weight is 318 g/mol. The predicted octanol–water partition coefficient (Wildman–Crippen LogP) is 2.40. The lowest BCUT2D eigenvalue weighted by atomic mass is 10.0. The van der Waals surface area contributed by atoms with Gasteiger partial charge in [-0.05, 0) is 57.5 Å². The van der Waals surface area contributed by atoms with Crippen LogP contribution in [0.25, 0.3) is 0 Å². The average Bonchev–Trinajstić information content (AvgIpc) is 3.21. The monoisotopic (exact) mass is 318 g/mol. The maximum absolute atomic E-state index is 13.1. The lowest BCUT2D eigenvalue weighted by Crippen LogP contribution is -2.47. The lowest BCUT2D eigenvalue weighted by molar-refractivity contribution is 0.0661. The van der Waals surface area contributed by atoms with Crippen molar-refractivity contribution in [2.24, 2.45) is 0 Å². The molecule has 1 amide bonds. The van der Waals surface area contributed by atoms with Crippen molar-refractivity contribution in [1.29, 1.82) is 0 Å². The molecule has 1 aromatic carbocycles. The van der Waals surface area contributed by atoms with E-state index in [1.807, 2.05) is 11.0 Å². The molecule has 2 aliphatic rings. The molecular weight excluding hydrogens is 292 g/mol. The Bertz CT molecular complexity index is 575. The van der Waals surface area contributed by atoms with Crippen LogP contribution >= 0.6 is 0 Å². The molecule has 0 radical (unpaired) electrons. The molecular formula is C18H26N2O3. The van der Waals surface area contributed by atoms with Gasteiger partial charge in [-0.15, -0.1) is 0 Å². The summed E-state index contributed by atoms with van der Waals surface area (Å²) < 4.78 is 10.7. The second-order valence-electron chi connectivity index (χ2n) is 6.46. The lowest BCUT2D eigenvalue weighted by Gasteiger charge is -2.33. The van der Waals surface area contributed by atoms with Gasteiger partial charge in [-0.1, -0.05) is 0 Å². The molecule has 0 N–H and O–H groups in total. The molecule has 2 heterocycles. The number of rotatable bonds is 4. The van der Waals surface area contributed by atoms with E-state index in [2.05, 4.69) is 11.9 Å².